The first kappa shape index (κ1) is 16.1. The first-order chi connectivity index (χ1) is 8.76. The van der Waals surface area contributed by atoms with Crippen LogP contribution in [0.4, 0.5) is 0 Å². The van der Waals surface area contributed by atoms with Crippen LogP contribution in [0, 0.1) is 0 Å². The first-order valence-corrected chi connectivity index (χ1v) is 9.85. The fourth-order valence-corrected chi connectivity index (χ4v) is 2.67. The third kappa shape index (κ3) is 4.92. The Balaban J connectivity index is 2.36. The summed E-state index contributed by atoms with van der Waals surface area (Å²) in [6, 6.07) is 7.79. The van der Waals surface area contributed by atoms with Crippen molar-refractivity contribution in [2.45, 2.75) is 51.7 Å². The predicted molar refractivity (Wildman–Crippen MR) is 83.3 cm³/mol. The molecule has 1 aromatic carbocycles. The van der Waals surface area contributed by atoms with Crippen LogP contribution >= 0.6 is 0 Å². The third-order valence-electron chi connectivity index (χ3n) is 3.99. The van der Waals surface area contributed by atoms with Crippen molar-refractivity contribution in [2.75, 3.05) is 6.61 Å². The maximum Gasteiger partial charge on any atom is 0.191 e. The standard InChI is InChI=1S/C16H26O2Si/c1-16(2,3)19(4,5)18-12-6-7-14-8-10-15(13-17)11-9-14/h8-11,13H,6-7,12H2,1-5H3. The van der Waals surface area contributed by atoms with Crippen LogP contribution in [0.1, 0.15) is 43.1 Å². The van der Waals surface area contributed by atoms with Crippen LogP contribution in [0.15, 0.2) is 24.3 Å². The van der Waals surface area contributed by atoms with Gasteiger partial charge in [0.15, 0.2) is 8.32 Å². The van der Waals surface area contributed by atoms with Crippen molar-refractivity contribution in [3.05, 3.63) is 35.4 Å². The van der Waals surface area contributed by atoms with E-state index in [1.54, 1.807) is 0 Å². The van der Waals surface area contributed by atoms with Gasteiger partial charge in [-0.1, -0.05) is 45.0 Å². The number of aryl methyl sites for hydroxylation is 1. The zero-order chi connectivity index (χ0) is 14.5. The second kappa shape index (κ2) is 6.48. The summed E-state index contributed by atoms with van der Waals surface area (Å²) in [5.74, 6) is 0. The van der Waals surface area contributed by atoms with Gasteiger partial charge in [-0.3, -0.25) is 4.79 Å². The van der Waals surface area contributed by atoms with Gasteiger partial charge in [0, 0.05) is 12.2 Å². The average Bonchev–Trinajstić information content (AvgIpc) is 2.34. The summed E-state index contributed by atoms with van der Waals surface area (Å²) in [4.78, 5) is 10.6. The summed E-state index contributed by atoms with van der Waals surface area (Å²) in [5.41, 5.74) is 2.01. The number of carbonyl (C=O) groups is 1. The second-order valence-corrected chi connectivity index (χ2v) is 11.4. The highest BCUT2D eigenvalue weighted by molar-refractivity contribution is 6.74. The number of aldehydes is 1. The maximum absolute atomic E-state index is 10.6. The van der Waals surface area contributed by atoms with Gasteiger partial charge in [0.1, 0.15) is 6.29 Å². The molecule has 0 heterocycles. The van der Waals surface area contributed by atoms with Gasteiger partial charge >= 0.3 is 0 Å². The molecule has 0 aliphatic heterocycles. The lowest BCUT2D eigenvalue weighted by molar-refractivity contribution is 0.112. The minimum Gasteiger partial charge on any atom is -0.417 e. The van der Waals surface area contributed by atoms with Crippen LogP contribution in [0.3, 0.4) is 0 Å². The Labute approximate surface area is 118 Å². The summed E-state index contributed by atoms with van der Waals surface area (Å²) >= 11 is 0. The second-order valence-electron chi connectivity index (χ2n) is 6.57. The number of hydrogen-bond acceptors (Lipinski definition) is 2. The van der Waals surface area contributed by atoms with Gasteiger partial charge in [-0.25, -0.2) is 0 Å². The number of hydrogen-bond donors (Lipinski definition) is 0. The van der Waals surface area contributed by atoms with Crippen molar-refractivity contribution in [1.82, 2.24) is 0 Å². The topological polar surface area (TPSA) is 26.3 Å². The van der Waals surface area contributed by atoms with E-state index in [-0.39, 0.29) is 5.04 Å². The predicted octanol–water partition coefficient (Wildman–Crippen LogP) is 4.45. The van der Waals surface area contributed by atoms with Crippen LogP contribution in [0.25, 0.3) is 0 Å². The zero-order valence-electron chi connectivity index (χ0n) is 12.8. The SMILES string of the molecule is CC(C)(C)[Si](C)(C)OCCCc1ccc(C=O)cc1. The summed E-state index contributed by atoms with van der Waals surface area (Å²) < 4.78 is 6.14. The molecule has 0 saturated heterocycles. The van der Waals surface area contributed by atoms with E-state index in [1.807, 2.05) is 24.3 Å². The molecule has 106 valence electrons. The molecule has 0 unspecified atom stereocenters. The fraction of sp³-hybridized carbons (Fsp3) is 0.562. The largest absolute Gasteiger partial charge is 0.417 e. The highest BCUT2D eigenvalue weighted by Gasteiger charge is 2.36. The molecule has 0 radical (unpaired) electrons. The molecule has 0 amide bonds. The number of rotatable bonds is 6. The Morgan fingerprint density at radius 3 is 2.21 bits per heavy atom. The van der Waals surface area contributed by atoms with E-state index in [0.717, 1.165) is 31.3 Å². The molecular formula is C16H26O2Si. The van der Waals surface area contributed by atoms with Crippen molar-refractivity contribution >= 4 is 14.6 Å². The summed E-state index contributed by atoms with van der Waals surface area (Å²) in [6.45, 7) is 12.2. The van der Waals surface area contributed by atoms with Gasteiger partial charge in [-0.2, -0.15) is 0 Å². The Bertz CT molecular complexity index is 402. The molecular weight excluding hydrogens is 252 g/mol. The molecule has 0 aliphatic rings. The van der Waals surface area contributed by atoms with Crippen molar-refractivity contribution < 1.29 is 9.22 Å². The third-order valence-corrected chi connectivity index (χ3v) is 8.53. The van der Waals surface area contributed by atoms with Gasteiger partial charge in [0.2, 0.25) is 0 Å². The van der Waals surface area contributed by atoms with Crippen LogP contribution in [0.5, 0.6) is 0 Å². The lowest BCUT2D eigenvalue weighted by atomic mass is 10.1. The van der Waals surface area contributed by atoms with E-state index in [9.17, 15) is 4.79 Å². The van der Waals surface area contributed by atoms with E-state index in [2.05, 4.69) is 33.9 Å². The van der Waals surface area contributed by atoms with Crippen LogP contribution in [-0.2, 0) is 10.8 Å². The Morgan fingerprint density at radius 2 is 1.74 bits per heavy atom. The Morgan fingerprint density at radius 1 is 1.16 bits per heavy atom. The minimum atomic E-state index is -1.60. The van der Waals surface area contributed by atoms with Crippen LogP contribution in [-0.4, -0.2) is 21.2 Å². The molecule has 0 aliphatic carbocycles. The molecule has 2 nitrogen and oxygen atoms in total. The molecule has 0 saturated carbocycles. The molecule has 0 fully saturated rings. The quantitative estimate of drug-likeness (QED) is 0.436. The van der Waals surface area contributed by atoms with Gasteiger partial charge in [-0.15, -0.1) is 0 Å². The van der Waals surface area contributed by atoms with E-state index < -0.39 is 8.32 Å². The monoisotopic (exact) mass is 278 g/mol. The molecule has 0 atom stereocenters. The maximum atomic E-state index is 10.6. The van der Waals surface area contributed by atoms with Gasteiger partial charge in [0.05, 0.1) is 0 Å². The zero-order valence-corrected chi connectivity index (χ0v) is 13.8. The van der Waals surface area contributed by atoms with Crippen molar-refractivity contribution in [3.63, 3.8) is 0 Å². The Hall–Kier alpha value is -0.933. The lowest BCUT2D eigenvalue weighted by Crippen LogP contribution is -2.41. The summed E-state index contributed by atoms with van der Waals surface area (Å²) in [5, 5.41) is 0.276. The number of carbonyl (C=O) groups excluding carboxylic acids is 1. The smallest absolute Gasteiger partial charge is 0.191 e. The van der Waals surface area contributed by atoms with Crippen LogP contribution in [0.2, 0.25) is 18.1 Å². The molecule has 1 aromatic rings. The Kier molecular flexibility index (Phi) is 5.50. The van der Waals surface area contributed by atoms with E-state index in [4.69, 9.17) is 4.43 Å². The van der Waals surface area contributed by atoms with Crippen molar-refractivity contribution in [3.8, 4) is 0 Å². The molecule has 0 N–H and O–H groups in total. The van der Waals surface area contributed by atoms with Gasteiger partial charge in [0.25, 0.3) is 0 Å². The van der Waals surface area contributed by atoms with E-state index in [0.29, 0.717) is 0 Å². The first-order valence-electron chi connectivity index (χ1n) is 6.94. The molecule has 0 aromatic heterocycles. The molecule has 3 heteroatoms. The van der Waals surface area contributed by atoms with E-state index >= 15 is 0 Å². The molecule has 1 rings (SSSR count). The normalized spacial score (nSPS) is 12.5. The average molecular weight is 278 g/mol. The van der Waals surface area contributed by atoms with Gasteiger partial charge < -0.3 is 4.43 Å². The highest BCUT2D eigenvalue weighted by atomic mass is 28.4. The molecule has 0 spiro atoms. The minimum absolute atomic E-state index is 0.276. The highest BCUT2D eigenvalue weighted by Crippen LogP contribution is 2.36. The van der Waals surface area contributed by atoms with Crippen molar-refractivity contribution in [2.24, 2.45) is 0 Å². The van der Waals surface area contributed by atoms with Crippen LogP contribution < -0.4 is 0 Å². The summed E-state index contributed by atoms with van der Waals surface area (Å²) in [7, 11) is -1.60. The van der Waals surface area contributed by atoms with E-state index in [1.165, 1.54) is 5.56 Å². The van der Waals surface area contributed by atoms with Gasteiger partial charge in [-0.05, 0) is 36.5 Å². The fourth-order valence-electron chi connectivity index (χ4n) is 1.58. The molecule has 19 heavy (non-hydrogen) atoms. The van der Waals surface area contributed by atoms with Crippen molar-refractivity contribution in [1.29, 1.82) is 0 Å². The molecule has 0 bridgehead atoms. The number of benzene rings is 1. The summed E-state index contributed by atoms with van der Waals surface area (Å²) in [6.07, 6.45) is 2.92. The lowest BCUT2D eigenvalue weighted by Gasteiger charge is -2.36.